The van der Waals surface area contributed by atoms with Crippen LogP contribution in [-0.4, -0.2) is 36.1 Å². The minimum Gasteiger partial charge on any atom is -0.312 e. The summed E-state index contributed by atoms with van der Waals surface area (Å²) in [5.74, 6) is 0. The Morgan fingerprint density at radius 1 is 1.00 bits per heavy atom. The van der Waals surface area contributed by atoms with Crippen molar-refractivity contribution in [2.24, 2.45) is 5.41 Å². The Bertz CT molecular complexity index is 270. The molecule has 2 heteroatoms. The van der Waals surface area contributed by atoms with Crippen LogP contribution in [-0.2, 0) is 0 Å². The van der Waals surface area contributed by atoms with Crippen LogP contribution in [0.2, 0.25) is 0 Å². The van der Waals surface area contributed by atoms with Crippen molar-refractivity contribution in [3.05, 3.63) is 0 Å². The van der Waals surface area contributed by atoms with Crippen molar-refractivity contribution in [2.45, 2.75) is 98.1 Å². The van der Waals surface area contributed by atoms with Crippen molar-refractivity contribution < 1.29 is 0 Å². The Labute approximate surface area is 134 Å². The first-order chi connectivity index (χ1) is 9.89. The molecule has 0 amide bonds. The molecule has 1 saturated heterocycles. The zero-order valence-electron chi connectivity index (χ0n) is 15.6. The molecule has 2 nitrogen and oxygen atoms in total. The van der Waals surface area contributed by atoms with Crippen LogP contribution in [0.15, 0.2) is 0 Å². The Hall–Kier alpha value is -0.0800. The van der Waals surface area contributed by atoms with Crippen LogP contribution in [0.1, 0.15) is 86.5 Å². The van der Waals surface area contributed by atoms with Crippen molar-refractivity contribution in [2.75, 3.05) is 19.6 Å². The highest BCUT2D eigenvalue weighted by molar-refractivity contribution is 5.00. The zero-order valence-corrected chi connectivity index (χ0v) is 15.6. The smallest absolute Gasteiger partial charge is 0.0357 e. The summed E-state index contributed by atoms with van der Waals surface area (Å²) in [7, 11) is 0. The number of nitrogens with zero attached hydrogens (tertiary/aromatic N) is 1. The fraction of sp³-hybridized carbons (Fsp3) is 1.00. The summed E-state index contributed by atoms with van der Waals surface area (Å²) in [6.07, 6.45) is 9.17. The van der Waals surface area contributed by atoms with Gasteiger partial charge in [0.2, 0.25) is 0 Å². The quantitative estimate of drug-likeness (QED) is 0.655. The largest absolute Gasteiger partial charge is 0.312 e. The lowest BCUT2D eigenvalue weighted by Gasteiger charge is -2.48. The van der Waals surface area contributed by atoms with E-state index in [1.165, 1.54) is 58.0 Å². The second kappa shape index (κ2) is 8.53. The maximum Gasteiger partial charge on any atom is 0.0357 e. The van der Waals surface area contributed by atoms with E-state index in [0.717, 1.165) is 6.54 Å². The van der Waals surface area contributed by atoms with Gasteiger partial charge in [-0.05, 0) is 70.0 Å². The average molecular weight is 297 g/mol. The van der Waals surface area contributed by atoms with Crippen LogP contribution in [0.25, 0.3) is 0 Å². The van der Waals surface area contributed by atoms with Crippen molar-refractivity contribution in [3.63, 3.8) is 0 Å². The summed E-state index contributed by atoms with van der Waals surface area (Å²) < 4.78 is 0. The highest BCUT2D eigenvalue weighted by Crippen LogP contribution is 2.35. The van der Waals surface area contributed by atoms with Crippen LogP contribution in [0.5, 0.6) is 0 Å². The Morgan fingerprint density at radius 2 is 1.57 bits per heavy atom. The van der Waals surface area contributed by atoms with Gasteiger partial charge in [0, 0.05) is 11.6 Å². The highest BCUT2D eigenvalue weighted by atomic mass is 15.2. The highest BCUT2D eigenvalue weighted by Gasteiger charge is 2.41. The molecular weight excluding hydrogens is 256 g/mol. The maximum atomic E-state index is 3.92. The molecule has 0 bridgehead atoms. The van der Waals surface area contributed by atoms with Gasteiger partial charge in [-0.3, -0.25) is 4.90 Å². The predicted molar refractivity (Wildman–Crippen MR) is 94.9 cm³/mol. The first-order valence-electron chi connectivity index (χ1n) is 9.38. The van der Waals surface area contributed by atoms with Crippen LogP contribution in [0.4, 0.5) is 0 Å². The van der Waals surface area contributed by atoms with Gasteiger partial charge in [-0.25, -0.2) is 0 Å². The van der Waals surface area contributed by atoms with Crippen LogP contribution in [0, 0.1) is 5.41 Å². The summed E-state index contributed by atoms with van der Waals surface area (Å²) in [6.45, 7) is 18.0. The SMILES string of the molecule is CCCNC(CCC(C)(C)C)C(CC)(CC)N1CCCC1. The van der Waals surface area contributed by atoms with E-state index in [2.05, 4.69) is 51.8 Å². The number of rotatable bonds is 9. The molecule has 0 aromatic heterocycles. The molecule has 1 atom stereocenters. The third-order valence-electron chi connectivity index (χ3n) is 5.43. The monoisotopic (exact) mass is 296 g/mol. The predicted octanol–water partition coefficient (Wildman–Crippen LogP) is 4.84. The molecule has 0 aliphatic carbocycles. The Balaban J connectivity index is 2.87. The summed E-state index contributed by atoms with van der Waals surface area (Å²) >= 11 is 0. The van der Waals surface area contributed by atoms with E-state index in [1.54, 1.807) is 0 Å². The molecule has 0 saturated carbocycles. The van der Waals surface area contributed by atoms with Crippen molar-refractivity contribution in [3.8, 4) is 0 Å². The standard InChI is InChI=1S/C19H40N2/c1-7-14-20-17(12-13-18(4,5)6)19(8-2,9-3)21-15-10-11-16-21/h17,20H,7-16H2,1-6H3. The summed E-state index contributed by atoms with van der Waals surface area (Å²) in [4.78, 5) is 2.81. The van der Waals surface area contributed by atoms with E-state index >= 15 is 0 Å². The first-order valence-corrected chi connectivity index (χ1v) is 9.38. The molecule has 1 fully saturated rings. The van der Waals surface area contributed by atoms with Crippen LogP contribution < -0.4 is 5.32 Å². The molecule has 0 aromatic carbocycles. The summed E-state index contributed by atoms with van der Waals surface area (Å²) in [5, 5.41) is 3.92. The van der Waals surface area contributed by atoms with Crippen molar-refractivity contribution >= 4 is 0 Å². The Morgan fingerprint density at radius 3 is 2.00 bits per heavy atom. The molecule has 1 rings (SSSR count). The number of hydrogen-bond donors (Lipinski definition) is 1. The van der Waals surface area contributed by atoms with E-state index in [0.29, 0.717) is 17.0 Å². The minimum absolute atomic E-state index is 0.372. The van der Waals surface area contributed by atoms with Crippen molar-refractivity contribution in [1.82, 2.24) is 10.2 Å². The molecule has 1 aliphatic rings. The third-order valence-corrected chi connectivity index (χ3v) is 5.43. The van der Waals surface area contributed by atoms with E-state index in [9.17, 15) is 0 Å². The molecule has 21 heavy (non-hydrogen) atoms. The molecule has 1 heterocycles. The molecular formula is C19H40N2. The van der Waals surface area contributed by atoms with E-state index in [1.807, 2.05) is 0 Å². The van der Waals surface area contributed by atoms with Gasteiger partial charge in [0.25, 0.3) is 0 Å². The van der Waals surface area contributed by atoms with Gasteiger partial charge in [0.15, 0.2) is 0 Å². The van der Waals surface area contributed by atoms with Gasteiger partial charge >= 0.3 is 0 Å². The van der Waals surface area contributed by atoms with Gasteiger partial charge in [-0.2, -0.15) is 0 Å². The fourth-order valence-corrected chi connectivity index (χ4v) is 4.03. The minimum atomic E-state index is 0.372. The van der Waals surface area contributed by atoms with Crippen LogP contribution >= 0.6 is 0 Å². The lowest BCUT2D eigenvalue weighted by molar-refractivity contribution is 0.0540. The van der Waals surface area contributed by atoms with Crippen LogP contribution in [0.3, 0.4) is 0 Å². The summed E-state index contributed by atoms with van der Waals surface area (Å²) in [6, 6.07) is 0.643. The van der Waals surface area contributed by atoms with Gasteiger partial charge in [-0.1, -0.05) is 41.5 Å². The van der Waals surface area contributed by atoms with Gasteiger partial charge in [-0.15, -0.1) is 0 Å². The Kier molecular flexibility index (Phi) is 7.70. The topological polar surface area (TPSA) is 15.3 Å². The zero-order chi connectivity index (χ0) is 15.9. The fourth-order valence-electron chi connectivity index (χ4n) is 4.03. The normalized spacial score (nSPS) is 19.1. The van der Waals surface area contributed by atoms with E-state index in [4.69, 9.17) is 0 Å². The first kappa shape index (κ1) is 19.0. The molecule has 0 aromatic rings. The lowest BCUT2D eigenvalue weighted by atomic mass is 9.77. The van der Waals surface area contributed by atoms with Crippen molar-refractivity contribution in [1.29, 1.82) is 0 Å². The second-order valence-corrected chi connectivity index (χ2v) is 8.11. The van der Waals surface area contributed by atoms with E-state index in [-0.39, 0.29) is 0 Å². The lowest BCUT2D eigenvalue weighted by Crippen LogP contribution is -2.60. The molecule has 1 aliphatic heterocycles. The maximum absolute atomic E-state index is 3.92. The summed E-state index contributed by atoms with van der Waals surface area (Å²) in [5.41, 5.74) is 0.807. The van der Waals surface area contributed by atoms with E-state index < -0.39 is 0 Å². The second-order valence-electron chi connectivity index (χ2n) is 8.11. The molecule has 0 spiro atoms. The molecule has 1 N–H and O–H groups in total. The number of hydrogen-bond acceptors (Lipinski definition) is 2. The van der Waals surface area contributed by atoms with Gasteiger partial charge < -0.3 is 5.32 Å². The molecule has 126 valence electrons. The third kappa shape index (κ3) is 5.25. The molecule has 0 radical (unpaired) electrons. The van der Waals surface area contributed by atoms with Gasteiger partial charge in [0.1, 0.15) is 0 Å². The average Bonchev–Trinajstić information content (AvgIpc) is 2.96. The van der Waals surface area contributed by atoms with Gasteiger partial charge in [0.05, 0.1) is 0 Å². The number of likely N-dealkylation sites (tertiary alicyclic amines) is 1. The number of nitrogens with one attached hydrogen (secondary N) is 1. The molecule has 1 unspecified atom stereocenters.